The van der Waals surface area contributed by atoms with Gasteiger partial charge in [0.05, 0.1) is 28.1 Å². The van der Waals surface area contributed by atoms with E-state index < -0.39 is 16.1 Å². The van der Waals surface area contributed by atoms with Gasteiger partial charge in [0, 0.05) is 12.6 Å². The lowest BCUT2D eigenvalue weighted by Gasteiger charge is -2.22. The van der Waals surface area contributed by atoms with E-state index in [4.69, 9.17) is 23.2 Å². The van der Waals surface area contributed by atoms with Crippen molar-refractivity contribution in [3.05, 3.63) is 93.5 Å². The molecule has 0 amide bonds. The number of halogens is 2. The average molecular weight is 509 g/mol. The van der Waals surface area contributed by atoms with Crippen molar-refractivity contribution >= 4 is 38.9 Å². The van der Waals surface area contributed by atoms with Crippen LogP contribution in [-0.4, -0.2) is 37.5 Å². The Morgan fingerprint density at radius 3 is 2.30 bits per heavy atom. The Bertz CT molecular complexity index is 1190. The molecule has 3 aromatic rings. The van der Waals surface area contributed by atoms with Crippen molar-refractivity contribution < 1.29 is 18.6 Å². The minimum Gasteiger partial charge on any atom is -0.506 e. The fraction of sp³-hybridized carbons (Fsp3) is 0.250. The number of hydrogen-bond donors (Lipinski definition) is 4. The number of sulfonamides is 1. The maximum atomic E-state index is 11.5. The molecular weight excluding hydrogens is 483 g/mol. The highest BCUT2D eigenvalue weighted by atomic mass is 35.5. The number of aromatic hydroxyl groups is 1. The van der Waals surface area contributed by atoms with Crippen molar-refractivity contribution in [3.63, 3.8) is 0 Å². The van der Waals surface area contributed by atoms with Gasteiger partial charge in [0.15, 0.2) is 0 Å². The minimum absolute atomic E-state index is 0.0768. The lowest BCUT2D eigenvalue weighted by Crippen LogP contribution is -2.32. The van der Waals surface area contributed by atoms with Crippen molar-refractivity contribution in [1.29, 1.82) is 0 Å². The predicted octanol–water partition coefficient (Wildman–Crippen LogP) is 4.55. The zero-order chi connectivity index (χ0) is 24.0. The van der Waals surface area contributed by atoms with E-state index in [-0.39, 0.29) is 30.4 Å². The van der Waals surface area contributed by atoms with Gasteiger partial charge in [-0.2, -0.15) is 0 Å². The molecule has 0 heterocycles. The fourth-order valence-corrected chi connectivity index (χ4v) is 4.37. The van der Waals surface area contributed by atoms with E-state index in [9.17, 15) is 18.6 Å². The van der Waals surface area contributed by atoms with Crippen LogP contribution in [0.4, 0.5) is 5.69 Å². The van der Waals surface area contributed by atoms with Crippen LogP contribution >= 0.6 is 23.2 Å². The largest absolute Gasteiger partial charge is 0.506 e. The number of phenols is 1. The molecule has 0 aliphatic rings. The van der Waals surface area contributed by atoms with Gasteiger partial charge in [0.25, 0.3) is 0 Å². The number of benzene rings is 3. The van der Waals surface area contributed by atoms with E-state index in [1.54, 1.807) is 12.1 Å². The van der Waals surface area contributed by atoms with Crippen molar-refractivity contribution in [2.24, 2.45) is 0 Å². The van der Waals surface area contributed by atoms with Gasteiger partial charge >= 0.3 is 0 Å². The Balaban J connectivity index is 1.71. The average Bonchev–Trinajstić information content (AvgIpc) is 2.75. The third kappa shape index (κ3) is 7.91. The number of hydrogen-bond acceptors (Lipinski definition) is 5. The molecule has 0 radical (unpaired) electrons. The van der Waals surface area contributed by atoms with Crippen LogP contribution in [0.15, 0.2) is 66.7 Å². The highest BCUT2D eigenvalue weighted by Gasteiger charge is 2.17. The fourth-order valence-electron chi connectivity index (χ4n) is 3.50. The SMILES string of the molecule is CS(=O)(=O)Nc1cc(CC(O)CNC(Cc2ccccc2)c2ccc(Cl)c(Cl)c2)ccc1O. The van der Waals surface area contributed by atoms with E-state index in [0.717, 1.165) is 17.4 Å². The summed E-state index contributed by atoms with van der Waals surface area (Å²) >= 11 is 12.3. The summed E-state index contributed by atoms with van der Waals surface area (Å²) in [7, 11) is -3.54. The van der Waals surface area contributed by atoms with Gasteiger partial charge in [-0.15, -0.1) is 0 Å². The normalized spacial score (nSPS) is 13.5. The first-order valence-electron chi connectivity index (χ1n) is 10.3. The van der Waals surface area contributed by atoms with Gasteiger partial charge < -0.3 is 15.5 Å². The Labute approximate surface area is 204 Å². The summed E-state index contributed by atoms with van der Waals surface area (Å²) in [5, 5.41) is 24.9. The van der Waals surface area contributed by atoms with Crippen molar-refractivity contribution in [2.75, 3.05) is 17.5 Å². The Morgan fingerprint density at radius 1 is 0.909 bits per heavy atom. The number of rotatable bonds is 10. The zero-order valence-corrected chi connectivity index (χ0v) is 20.3. The van der Waals surface area contributed by atoms with Crippen molar-refractivity contribution in [2.45, 2.75) is 25.0 Å². The van der Waals surface area contributed by atoms with E-state index in [1.165, 1.54) is 12.1 Å². The molecule has 9 heteroatoms. The molecule has 6 nitrogen and oxygen atoms in total. The molecule has 0 aliphatic carbocycles. The Kier molecular flexibility index (Phi) is 8.62. The first-order chi connectivity index (χ1) is 15.6. The predicted molar refractivity (Wildman–Crippen MR) is 134 cm³/mol. The Hall–Kier alpha value is -2.29. The molecule has 0 aliphatic heterocycles. The summed E-state index contributed by atoms with van der Waals surface area (Å²) < 4.78 is 25.3. The zero-order valence-electron chi connectivity index (χ0n) is 18.0. The number of nitrogens with one attached hydrogen (secondary N) is 2. The molecule has 0 bridgehead atoms. The van der Waals surface area contributed by atoms with Gasteiger partial charge in [-0.05, 0) is 53.8 Å². The summed E-state index contributed by atoms with van der Waals surface area (Å²) in [6.45, 7) is 0.285. The second kappa shape index (κ2) is 11.2. The first kappa shape index (κ1) is 25.3. The Morgan fingerprint density at radius 2 is 1.64 bits per heavy atom. The van der Waals surface area contributed by atoms with Gasteiger partial charge in [0.1, 0.15) is 5.75 Å². The highest BCUT2D eigenvalue weighted by Crippen LogP contribution is 2.28. The maximum absolute atomic E-state index is 11.5. The van der Waals surface area contributed by atoms with Gasteiger partial charge in [-0.3, -0.25) is 4.72 Å². The van der Waals surface area contributed by atoms with Crippen molar-refractivity contribution in [3.8, 4) is 5.75 Å². The second-order valence-electron chi connectivity index (χ2n) is 7.91. The molecular formula is C24H26Cl2N2O4S. The third-order valence-electron chi connectivity index (χ3n) is 5.06. The highest BCUT2D eigenvalue weighted by molar-refractivity contribution is 7.92. The maximum Gasteiger partial charge on any atom is 0.229 e. The molecule has 0 saturated heterocycles. The number of phenolic OH excluding ortho intramolecular Hbond substituents is 1. The molecule has 3 rings (SSSR count). The quantitative estimate of drug-likeness (QED) is 0.301. The van der Waals surface area contributed by atoms with Crippen LogP contribution in [0.1, 0.15) is 22.7 Å². The van der Waals surface area contributed by atoms with Crippen LogP contribution in [0.25, 0.3) is 0 Å². The second-order valence-corrected chi connectivity index (χ2v) is 10.5. The van der Waals surface area contributed by atoms with E-state index in [0.29, 0.717) is 22.0 Å². The summed E-state index contributed by atoms with van der Waals surface area (Å²) in [4.78, 5) is 0. The molecule has 2 atom stereocenters. The van der Waals surface area contributed by atoms with E-state index >= 15 is 0 Å². The van der Waals surface area contributed by atoms with E-state index in [1.807, 2.05) is 42.5 Å². The molecule has 3 aromatic carbocycles. The standard InChI is InChI=1S/C24H26Cl2N2O4S/c1-33(31,32)28-23-13-17(7-10-24(23)30)11-19(29)15-27-22(12-16-5-3-2-4-6-16)18-8-9-20(25)21(26)14-18/h2-10,13-14,19,22,27-30H,11-12,15H2,1H3. The van der Waals surface area contributed by atoms with Crippen LogP contribution in [-0.2, 0) is 22.9 Å². The van der Waals surface area contributed by atoms with Gasteiger partial charge in [0.2, 0.25) is 10.0 Å². The molecule has 176 valence electrons. The van der Waals surface area contributed by atoms with Crippen LogP contribution in [0.5, 0.6) is 5.75 Å². The molecule has 33 heavy (non-hydrogen) atoms. The van der Waals surface area contributed by atoms with E-state index in [2.05, 4.69) is 10.0 Å². The van der Waals surface area contributed by atoms with Crippen molar-refractivity contribution in [1.82, 2.24) is 5.32 Å². The van der Waals surface area contributed by atoms with Crippen LogP contribution in [0, 0.1) is 0 Å². The van der Waals surface area contributed by atoms with Crippen LogP contribution in [0.2, 0.25) is 10.0 Å². The molecule has 0 aromatic heterocycles. The minimum atomic E-state index is -3.54. The smallest absolute Gasteiger partial charge is 0.229 e. The van der Waals surface area contributed by atoms with Gasteiger partial charge in [-0.25, -0.2) is 8.42 Å². The summed E-state index contributed by atoms with van der Waals surface area (Å²) in [6, 6.07) is 19.9. The molecule has 0 fully saturated rings. The topological polar surface area (TPSA) is 98.7 Å². The molecule has 0 saturated carbocycles. The first-order valence-corrected chi connectivity index (χ1v) is 13.0. The monoisotopic (exact) mass is 508 g/mol. The summed E-state index contributed by atoms with van der Waals surface area (Å²) in [5.41, 5.74) is 2.84. The lowest BCUT2D eigenvalue weighted by atomic mass is 9.98. The van der Waals surface area contributed by atoms with Crippen LogP contribution < -0.4 is 10.0 Å². The number of anilines is 1. The van der Waals surface area contributed by atoms with Crippen LogP contribution in [0.3, 0.4) is 0 Å². The summed E-state index contributed by atoms with van der Waals surface area (Å²) in [5.74, 6) is -0.181. The summed E-state index contributed by atoms with van der Waals surface area (Å²) in [6.07, 6.45) is 1.22. The molecule has 2 unspecified atom stereocenters. The number of aliphatic hydroxyl groups is 1. The van der Waals surface area contributed by atoms with Gasteiger partial charge in [-0.1, -0.05) is 65.7 Å². The lowest BCUT2D eigenvalue weighted by molar-refractivity contribution is 0.167. The molecule has 4 N–H and O–H groups in total. The molecule has 0 spiro atoms. The third-order valence-corrected chi connectivity index (χ3v) is 6.39. The number of aliphatic hydroxyl groups excluding tert-OH is 1.